The molecule has 1 unspecified atom stereocenters. The number of nitrogens with one attached hydrogen (secondary N) is 1. The first-order valence-electron chi connectivity index (χ1n) is 7.42. The van der Waals surface area contributed by atoms with Gasteiger partial charge in [0.05, 0.1) is 12.2 Å². The average Bonchev–Trinajstić information content (AvgIpc) is 2.54. The van der Waals surface area contributed by atoms with E-state index in [1.165, 1.54) is 13.0 Å². The molecule has 6 heteroatoms. The van der Waals surface area contributed by atoms with Gasteiger partial charge in [0.25, 0.3) is 0 Å². The smallest absolute Gasteiger partial charge is 0.335 e. The molecule has 0 aliphatic heterocycles. The Kier molecular flexibility index (Phi) is 6.35. The maximum atomic E-state index is 11.2. The third-order valence-corrected chi connectivity index (χ3v) is 3.58. The van der Waals surface area contributed by atoms with E-state index in [0.29, 0.717) is 17.1 Å². The van der Waals surface area contributed by atoms with Crippen LogP contribution < -0.4 is 5.32 Å². The lowest BCUT2D eigenvalue weighted by Gasteiger charge is -2.20. The van der Waals surface area contributed by atoms with Gasteiger partial charge in [-0.2, -0.15) is 0 Å². The van der Waals surface area contributed by atoms with Crippen LogP contribution in [0.15, 0.2) is 48.5 Å². The van der Waals surface area contributed by atoms with E-state index in [2.05, 4.69) is 5.32 Å². The molecule has 0 fully saturated rings. The molecule has 0 radical (unpaired) electrons. The van der Waals surface area contributed by atoms with Crippen molar-refractivity contribution >= 4 is 23.5 Å². The van der Waals surface area contributed by atoms with Gasteiger partial charge in [0.2, 0.25) is 5.91 Å². The van der Waals surface area contributed by atoms with E-state index in [-0.39, 0.29) is 18.1 Å². The minimum absolute atomic E-state index is 0.134. The van der Waals surface area contributed by atoms with E-state index in [9.17, 15) is 14.7 Å². The number of benzene rings is 2. The lowest BCUT2D eigenvalue weighted by molar-refractivity contribution is -0.119. The number of rotatable bonds is 7. The lowest BCUT2D eigenvalue weighted by atomic mass is 9.99. The Balaban J connectivity index is 2.26. The van der Waals surface area contributed by atoms with Gasteiger partial charge in [0.15, 0.2) is 0 Å². The quantitative estimate of drug-likeness (QED) is 0.754. The van der Waals surface area contributed by atoms with Crippen molar-refractivity contribution in [1.82, 2.24) is 5.32 Å². The van der Waals surface area contributed by atoms with Crippen LogP contribution in [0.25, 0.3) is 0 Å². The number of carboxylic acid groups (broad SMARTS) is 1. The van der Waals surface area contributed by atoms with Gasteiger partial charge in [-0.25, -0.2) is 4.79 Å². The number of carbonyl (C=O) groups excluding carboxylic acids is 1. The minimum atomic E-state index is -1.00. The van der Waals surface area contributed by atoms with Crippen molar-refractivity contribution in [1.29, 1.82) is 0 Å². The summed E-state index contributed by atoms with van der Waals surface area (Å²) < 4.78 is 5.89. The van der Waals surface area contributed by atoms with Gasteiger partial charge in [0, 0.05) is 18.5 Å². The molecule has 1 atom stereocenters. The van der Waals surface area contributed by atoms with Gasteiger partial charge in [-0.05, 0) is 35.4 Å². The fourth-order valence-electron chi connectivity index (χ4n) is 2.29. The normalized spacial score (nSPS) is 11.8. The highest BCUT2D eigenvalue weighted by molar-refractivity contribution is 6.30. The Morgan fingerprint density at radius 1 is 1.17 bits per heavy atom. The van der Waals surface area contributed by atoms with Crippen LogP contribution >= 0.6 is 11.6 Å². The molecule has 0 heterocycles. The van der Waals surface area contributed by atoms with Crippen molar-refractivity contribution in [2.24, 2.45) is 0 Å². The number of halogens is 1. The first-order valence-corrected chi connectivity index (χ1v) is 7.80. The maximum absolute atomic E-state index is 11.2. The number of amides is 1. The van der Waals surface area contributed by atoms with Crippen LogP contribution in [0.4, 0.5) is 0 Å². The summed E-state index contributed by atoms with van der Waals surface area (Å²) in [5, 5.41) is 12.4. The molecule has 2 aromatic rings. The number of carboxylic acids is 1. The van der Waals surface area contributed by atoms with Crippen LogP contribution in [0.3, 0.4) is 0 Å². The van der Waals surface area contributed by atoms with Crippen molar-refractivity contribution in [3.05, 3.63) is 70.2 Å². The SMILES string of the molecule is CC(=O)NCCOC(c1cccc(Cl)c1)c1cccc(C(=O)O)c1. The monoisotopic (exact) mass is 347 g/mol. The second-order valence-corrected chi connectivity index (χ2v) is 5.66. The van der Waals surface area contributed by atoms with E-state index >= 15 is 0 Å². The third kappa shape index (κ3) is 5.08. The van der Waals surface area contributed by atoms with E-state index in [1.807, 2.05) is 12.1 Å². The molecule has 126 valence electrons. The number of carbonyl (C=O) groups is 2. The van der Waals surface area contributed by atoms with Crippen LogP contribution in [0.2, 0.25) is 5.02 Å². The highest BCUT2D eigenvalue weighted by atomic mass is 35.5. The summed E-state index contributed by atoms with van der Waals surface area (Å²) in [5.74, 6) is -1.13. The van der Waals surface area contributed by atoms with Crippen molar-refractivity contribution in [2.45, 2.75) is 13.0 Å². The van der Waals surface area contributed by atoms with Crippen molar-refractivity contribution in [3.8, 4) is 0 Å². The van der Waals surface area contributed by atoms with Gasteiger partial charge in [-0.3, -0.25) is 4.79 Å². The molecule has 2 N–H and O–H groups in total. The van der Waals surface area contributed by atoms with Gasteiger partial charge in [0.1, 0.15) is 6.10 Å². The fourth-order valence-corrected chi connectivity index (χ4v) is 2.49. The van der Waals surface area contributed by atoms with E-state index < -0.39 is 12.1 Å². The van der Waals surface area contributed by atoms with Gasteiger partial charge in [-0.1, -0.05) is 35.9 Å². The molecule has 2 aromatic carbocycles. The molecule has 0 aliphatic rings. The molecular weight excluding hydrogens is 330 g/mol. The Labute approximate surface area is 145 Å². The maximum Gasteiger partial charge on any atom is 0.335 e. The first kappa shape index (κ1) is 18.0. The second-order valence-electron chi connectivity index (χ2n) is 5.22. The predicted octanol–water partition coefficient (Wildman–Crippen LogP) is 3.28. The summed E-state index contributed by atoms with van der Waals surface area (Å²) in [6.45, 7) is 2.09. The summed E-state index contributed by atoms with van der Waals surface area (Å²) in [5.41, 5.74) is 1.71. The Morgan fingerprint density at radius 3 is 2.46 bits per heavy atom. The topological polar surface area (TPSA) is 75.6 Å². The average molecular weight is 348 g/mol. The standard InChI is InChI=1S/C18H18ClNO4/c1-12(21)20-8-9-24-17(14-5-3-7-16(19)11-14)13-4-2-6-15(10-13)18(22)23/h2-7,10-11,17H,8-9H2,1H3,(H,20,21)(H,22,23). The van der Waals surface area contributed by atoms with Crippen LogP contribution in [0, 0.1) is 0 Å². The van der Waals surface area contributed by atoms with E-state index in [1.54, 1.807) is 30.3 Å². The zero-order chi connectivity index (χ0) is 17.5. The Morgan fingerprint density at radius 2 is 1.83 bits per heavy atom. The molecule has 0 aliphatic carbocycles. The van der Waals surface area contributed by atoms with Crippen LogP contribution in [0.5, 0.6) is 0 Å². The number of aromatic carboxylic acids is 1. The van der Waals surface area contributed by atoms with Gasteiger partial charge in [-0.15, -0.1) is 0 Å². The zero-order valence-corrected chi connectivity index (χ0v) is 13.9. The number of hydrogen-bond acceptors (Lipinski definition) is 3. The van der Waals surface area contributed by atoms with Crippen molar-refractivity contribution < 1.29 is 19.4 Å². The lowest BCUT2D eigenvalue weighted by Crippen LogP contribution is -2.25. The summed E-state index contributed by atoms with van der Waals surface area (Å²) >= 11 is 6.05. The summed E-state index contributed by atoms with van der Waals surface area (Å²) in [4.78, 5) is 22.1. The molecule has 0 saturated carbocycles. The zero-order valence-electron chi connectivity index (χ0n) is 13.2. The predicted molar refractivity (Wildman–Crippen MR) is 91.3 cm³/mol. The first-order chi connectivity index (χ1) is 11.5. The molecule has 2 rings (SSSR count). The molecule has 24 heavy (non-hydrogen) atoms. The second kappa shape index (κ2) is 8.47. The molecular formula is C18H18ClNO4. The Hall–Kier alpha value is -2.37. The largest absolute Gasteiger partial charge is 0.478 e. The molecule has 0 aromatic heterocycles. The summed E-state index contributed by atoms with van der Waals surface area (Å²) in [6, 6.07) is 13.8. The van der Waals surface area contributed by atoms with Gasteiger partial charge >= 0.3 is 5.97 Å². The molecule has 5 nitrogen and oxygen atoms in total. The number of ether oxygens (including phenoxy) is 1. The summed E-state index contributed by atoms with van der Waals surface area (Å²) in [6.07, 6.45) is -0.475. The van der Waals surface area contributed by atoms with E-state index in [4.69, 9.17) is 16.3 Å². The Bertz CT molecular complexity index is 732. The van der Waals surface area contributed by atoms with Crippen LogP contribution in [0.1, 0.15) is 34.5 Å². The highest BCUT2D eigenvalue weighted by Gasteiger charge is 2.17. The van der Waals surface area contributed by atoms with Crippen molar-refractivity contribution in [2.75, 3.05) is 13.2 Å². The molecule has 0 bridgehead atoms. The minimum Gasteiger partial charge on any atom is -0.478 e. The number of hydrogen-bond donors (Lipinski definition) is 2. The van der Waals surface area contributed by atoms with Crippen LogP contribution in [-0.4, -0.2) is 30.1 Å². The fraction of sp³-hybridized carbons (Fsp3) is 0.222. The van der Waals surface area contributed by atoms with Crippen LogP contribution in [-0.2, 0) is 9.53 Å². The van der Waals surface area contributed by atoms with Gasteiger partial charge < -0.3 is 15.2 Å². The molecule has 0 spiro atoms. The summed E-state index contributed by atoms with van der Waals surface area (Å²) in [7, 11) is 0. The third-order valence-electron chi connectivity index (χ3n) is 3.35. The van der Waals surface area contributed by atoms with E-state index in [0.717, 1.165) is 5.56 Å². The molecule has 1 amide bonds. The van der Waals surface area contributed by atoms with Crippen molar-refractivity contribution in [3.63, 3.8) is 0 Å². The highest BCUT2D eigenvalue weighted by Crippen LogP contribution is 2.28. The molecule has 0 saturated heterocycles.